The number of methoxy groups -OCH3 is 1. The molecule has 1 aromatic heterocycles. The average molecular weight is 247 g/mol. The van der Waals surface area contributed by atoms with Crippen LogP contribution >= 0.6 is 0 Å². The first-order chi connectivity index (χ1) is 8.65. The van der Waals surface area contributed by atoms with E-state index in [2.05, 4.69) is 0 Å². The molecule has 0 fully saturated rings. The summed E-state index contributed by atoms with van der Waals surface area (Å²) in [4.78, 5) is 11.3. The van der Waals surface area contributed by atoms with E-state index in [1.54, 1.807) is 35.9 Å². The first kappa shape index (κ1) is 12.2. The molecule has 18 heavy (non-hydrogen) atoms. The lowest BCUT2D eigenvalue weighted by Gasteiger charge is -2.13. The Bertz CT molecular complexity index is 619. The van der Waals surface area contributed by atoms with Crippen LogP contribution in [0.3, 0.4) is 0 Å². The Labute approximate surface area is 104 Å². The van der Waals surface area contributed by atoms with Crippen LogP contribution in [0.2, 0.25) is 0 Å². The number of pyridine rings is 1. The number of rotatable bonds is 3. The molecule has 0 saturated carbocycles. The number of hydrogen-bond donors (Lipinski definition) is 2. The molecule has 0 atom stereocenters. The fourth-order valence-electron chi connectivity index (χ4n) is 1.69. The van der Waals surface area contributed by atoms with Gasteiger partial charge in [0.25, 0.3) is 0 Å². The van der Waals surface area contributed by atoms with Crippen LogP contribution in [-0.2, 0) is 6.61 Å². The summed E-state index contributed by atoms with van der Waals surface area (Å²) in [5, 5.41) is 18.7. The van der Waals surface area contributed by atoms with Gasteiger partial charge in [-0.25, -0.2) is 0 Å². The molecule has 0 aliphatic rings. The molecule has 0 aliphatic heterocycles. The van der Waals surface area contributed by atoms with E-state index in [1.165, 1.54) is 12.3 Å². The minimum absolute atomic E-state index is 0.299. The molecule has 1 heterocycles. The van der Waals surface area contributed by atoms with Gasteiger partial charge in [0.1, 0.15) is 5.75 Å². The predicted molar refractivity (Wildman–Crippen MR) is 66.2 cm³/mol. The zero-order valence-electron chi connectivity index (χ0n) is 9.83. The van der Waals surface area contributed by atoms with Crippen LogP contribution in [0.25, 0.3) is 5.69 Å². The van der Waals surface area contributed by atoms with Crippen LogP contribution in [0.5, 0.6) is 11.5 Å². The van der Waals surface area contributed by atoms with Gasteiger partial charge in [-0.05, 0) is 12.1 Å². The van der Waals surface area contributed by atoms with Crippen LogP contribution < -0.4 is 10.2 Å². The van der Waals surface area contributed by atoms with E-state index < -0.39 is 5.43 Å². The highest BCUT2D eigenvalue weighted by Gasteiger charge is 2.07. The van der Waals surface area contributed by atoms with E-state index >= 15 is 0 Å². The second kappa shape index (κ2) is 4.93. The quantitative estimate of drug-likeness (QED) is 0.850. The highest BCUT2D eigenvalue weighted by Crippen LogP contribution is 2.19. The Morgan fingerprint density at radius 2 is 2.11 bits per heavy atom. The highest BCUT2D eigenvalue weighted by atomic mass is 16.5. The number of aromatic nitrogens is 1. The largest absolute Gasteiger partial charge is 0.503 e. The van der Waals surface area contributed by atoms with Crippen molar-refractivity contribution in [1.82, 2.24) is 4.57 Å². The maximum absolute atomic E-state index is 11.3. The van der Waals surface area contributed by atoms with Gasteiger partial charge in [0.2, 0.25) is 5.43 Å². The lowest BCUT2D eigenvalue weighted by Crippen LogP contribution is -2.10. The summed E-state index contributed by atoms with van der Waals surface area (Å²) in [6.07, 6.45) is 1.28. The van der Waals surface area contributed by atoms with E-state index in [9.17, 15) is 15.0 Å². The van der Waals surface area contributed by atoms with Gasteiger partial charge < -0.3 is 19.5 Å². The molecule has 0 unspecified atom stereocenters. The van der Waals surface area contributed by atoms with Crippen LogP contribution in [0.4, 0.5) is 0 Å². The van der Waals surface area contributed by atoms with Crippen molar-refractivity contribution >= 4 is 0 Å². The second-order valence-electron chi connectivity index (χ2n) is 3.74. The predicted octanol–water partition coefficient (Wildman–Crippen LogP) is 1.04. The Kier molecular flexibility index (Phi) is 3.34. The summed E-state index contributed by atoms with van der Waals surface area (Å²) < 4.78 is 6.64. The van der Waals surface area contributed by atoms with Gasteiger partial charge in [0.15, 0.2) is 5.75 Å². The van der Waals surface area contributed by atoms with E-state index in [1.807, 2.05) is 0 Å². The Hall–Kier alpha value is -2.27. The van der Waals surface area contributed by atoms with Crippen LogP contribution in [0, 0.1) is 0 Å². The molecule has 0 radical (unpaired) electrons. The number of aliphatic hydroxyl groups excluding tert-OH is 1. The van der Waals surface area contributed by atoms with Crippen molar-refractivity contribution in [2.75, 3.05) is 7.11 Å². The first-order valence-corrected chi connectivity index (χ1v) is 5.35. The molecule has 0 spiro atoms. The summed E-state index contributed by atoms with van der Waals surface area (Å²) >= 11 is 0. The minimum Gasteiger partial charge on any atom is -0.503 e. The Balaban J connectivity index is 2.62. The van der Waals surface area contributed by atoms with E-state index in [0.29, 0.717) is 17.1 Å². The van der Waals surface area contributed by atoms with Gasteiger partial charge >= 0.3 is 0 Å². The third-order valence-electron chi connectivity index (χ3n) is 2.60. The minimum atomic E-state index is -0.516. The van der Waals surface area contributed by atoms with Gasteiger partial charge in [-0.1, -0.05) is 6.07 Å². The fraction of sp³-hybridized carbons (Fsp3) is 0.154. The zero-order chi connectivity index (χ0) is 13.1. The van der Waals surface area contributed by atoms with Gasteiger partial charge in [0, 0.05) is 17.8 Å². The van der Waals surface area contributed by atoms with Gasteiger partial charge in [-0.15, -0.1) is 0 Å². The van der Waals surface area contributed by atoms with E-state index in [0.717, 1.165) is 0 Å². The van der Waals surface area contributed by atoms with Crippen molar-refractivity contribution in [2.24, 2.45) is 0 Å². The van der Waals surface area contributed by atoms with Crippen LogP contribution in [0.15, 0.2) is 41.3 Å². The van der Waals surface area contributed by atoms with Gasteiger partial charge in [-0.3, -0.25) is 4.79 Å². The van der Waals surface area contributed by atoms with Crippen molar-refractivity contribution in [3.8, 4) is 17.2 Å². The molecule has 0 bridgehead atoms. The molecule has 2 rings (SSSR count). The van der Waals surface area contributed by atoms with Crippen molar-refractivity contribution in [2.45, 2.75) is 6.61 Å². The van der Waals surface area contributed by atoms with Crippen molar-refractivity contribution in [3.05, 3.63) is 52.4 Å². The fourth-order valence-corrected chi connectivity index (χ4v) is 1.69. The van der Waals surface area contributed by atoms with Crippen molar-refractivity contribution in [3.63, 3.8) is 0 Å². The molecule has 0 saturated heterocycles. The molecule has 2 N–H and O–H groups in total. The maximum atomic E-state index is 11.3. The SMILES string of the molecule is COc1cccc(-n2cc(O)c(=O)cc2CO)c1. The van der Waals surface area contributed by atoms with E-state index in [4.69, 9.17) is 4.74 Å². The number of ether oxygens (including phenoxy) is 1. The summed E-state index contributed by atoms with van der Waals surface area (Å²) in [6, 6.07) is 8.29. The maximum Gasteiger partial charge on any atom is 0.223 e. The normalized spacial score (nSPS) is 10.3. The smallest absolute Gasteiger partial charge is 0.223 e. The highest BCUT2D eigenvalue weighted by molar-refractivity contribution is 5.42. The lowest BCUT2D eigenvalue weighted by molar-refractivity contribution is 0.273. The summed E-state index contributed by atoms with van der Waals surface area (Å²) in [5.74, 6) is 0.282. The van der Waals surface area contributed by atoms with Crippen molar-refractivity contribution < 1.29 is 14.9 Å². The van der Waals surface area contributed by atoms with Crippen LogP contribution in [0.1, 0.15) is 5.69 Å². The van der Waals surface area contributed by atoms with Gasteiger partial charge in [-0.2, -0.15) is 0 Å². The number of aliphatic hydroxyl groups is 1. The second-order valence-corrected chi connectivity index (χ2v) is 3.74. The van der Waals surface area contributed by atoms with Crippen molar-refractivity contribution in [1.29, 1.82) is 0 Å². The third-order valence-corrected chi connectivity index (χ3v) is 2.60. The Morgan fingerprint density at radius 1 is 1.33 bits per heavy atom. The number of benzene rings is 1. The molecule has 0 aliphatic carbocycles. The van der Waals surface area contributed by atoms with Gasteiger partial charge in [0.05, 0.1) is 25.6 Å². The summed E-state index contributed by atoms with van der Waals surface area (Å²) in [7, 11) is 1.55. The molecule has 1 aromatic carbocycles. The molecular weight excluding hydrogens is 234 g/mol. The molecule has 5 nitrogen and oxygen atoms in total. The third kappa shape index (κ3) is 2.21. The lowest BCUT2D eigenvalue weighted by atomic mass is 10.2. The average Bonchev–Trinajstić information content (AvgIpc) is 2.41. The number of nitrogens with zero attached hydrogens (tertiary/aromatic N) is 1. The standard InChI is InChI=1S/C13H13NO4/c1-18-11-4-2-3-9(5-11)14-7-13(17)12(16)6-10(14)8-15/h2-7,15,17H,8H2,1H3. The molecule has 94 valence electrons. The van der Waals surface area contributed by atoms with Crippen LogP contribution in [-0.4, -0.2) is 21.9 Å². The number of aromatic hydroxyl groups is 1. The number of hydrogen-bond acceptors (Lipinski definition) is 4. The Morgan fingerprint density at radius 3 is 2.78 bits per heavy atom. The molecule has 5 heteroatoms. The monoisotopic (exact) mass is 247 g/mol. The molecule has 2 aromatic rings. The topological polar surface area (TPSA) is 71.7 Å². The summed E-state index contributed by atoms with van der Waals surface area (Å²) in [6.45, 7) is -0.299. The summed E-state index contributed by atoms with van der Waals surface area (Å²) in [5.41, 5.74) is 0.568. The zero-order valence-corrected chi connectivity index (χ0v) is 9.83. The molecular formula is C13H13NO4. The molecule has 0 amide bonds. The van der Waals surface area contributed by atoms with E-state index in [-0.39, 0.29) is 12.4 Å². The first-order valence-electron chi connectivity index (χ1n) is 5.35.